The third kappa shape index (κ3) is 3.91. The molecule has 0 radical (unpaired) electrons. The van der Waals surface area contributed by atoms with Crippen LogP contribution >= 0.6 is 0 Å². The van der Waals surface area contributed by atoms with Crippen molar-refractivity contribution >= 4 is 28.1 Å². The van der Waals surface area contributed by atoms with Gasteiger partial charge in [0, 0.05) is 42.5 Å². The number of aromatic nitrogens is 3. The Balaban J connectivity index is 1.28. The van der Waals surface area contributed by atoms with Gasteiger partial charge in [0.25, 0.3) is 5.91 Å². The third-order valence-electron chi connectivity index (χ3n) is 8.53. The highest BCUT2D eigenvalue weighted by atomic mass is 19.1. The highest BCUT2D eigenvalue weighted by molar-refractivity contribution is 6.28. The summed E-state index contributed by atoms with van der Waals surface area (Å²) >= 11 is 0. The summed E-state index contributed by atoms with van der Waals surface area (Å²) in [6.45, 7) is 5.10. The molecule has 7 heteroatoms. The van der Waals surface area contributed by atoms with Crippen molar-refractivity contribution in [1.82, 2.24) is 19.7 Å². The van der Waals surface area contributed by atoms with Crippen molar-refractivity contribution in [1.29, 1.82) is 0 Å². The van der Waals surface area contributed by atoms with Gasteiger partial charge in [-0.2, -0.15) is 0 Å². The van der Waals surface area contributed by atoms with E-state index in [1.807, 2.05) is 35.9 Å². The number of benzene rings is 3. The van der Waals surface area contributed by atoms with Crippen LogP contribution in [0.4, 0.5) is 15.8 Å². The van der Waals surface area contributed by atoms with Gasteiger partial charge in [0.15, 0.2) is 0 Å². The number of anilines is 2. The maximum absolute atomic E-state index is 15.2. The summed E-state index contributed by atoms with van der Waals surface area (Å²) < 4.78 is 17.1. The van der Waals surface area contributed by atoms with E-state index in [1.165, 1.54) is 18.9 Å². The Morgan fingerprint density at radius 3 is 2.74 bits per heavy atom. The zero-order valence-electron chi connectivity index (χ0n) is 21.9. The summed E-state index contributed by atoms with van der Waals surface area (Å²) in [5, 5.41) is 9.77. The van der Waals surface area contributed by atoms with Crippen LogP contribution in [0.25, 0.3) is 10.8 Å². The topological polar surface area (TPSA) is 54.3 Å². The lowest BCUT2D eigenvalue weighted by molar-refractivity contribution is 0.100. The Morgan fingerprint density at radius 2 is 1.97 bits per heavy atom. The van der Waals surface area contributed by atoms with Crippen molar-refractivity contribution < 1.29 is 9.18 Å². The van der Waals surface area contributed by atoms with Gasteiger partial charge in [-0.25, -0.2) is 4.39 Å². The van der Waals surface area contributed by atoms with E-state index in [4.69, 9.17) is 0 Å². The molecule has 38 heavy (non-hydrogen) atoms. The monoisotopic (exact) mass is 509 g/mol. The Bertz CT molecular complexity index is 1560. The van der Waals surface area contributed by atoms with E-state index in [-0.39, 0.29) is 17.6 Å². The summed E-state index contributed by atoms with van der Waals surface area (Å²) in [5.74, 6) is 1.89. The van der Waals surface area contributed by atoms with Crippen LogP contribution in [-0.2, 0) is 13.6 Å². The highest BCUT2D eigenvalue weighted by Crippen LogP contribution is 2.48. The van der Waals surface area contributed by atoms with Gasteiger partial charge in [0.1, 0.15) is 18.0 Å². The largest absolute Gasteiger partial charge is 0.320 e. The minimum Gasteiger partial charge on any atom is -0.320 e. The average molecular weight is 510 g/mol. The minimum absolute atomic E-state index is 0.0942. The molecule has 0 spiro atoms. The molecule has 3 heterocycles. The summed E-state index contributed by atoms with van der Waals surface area (Å²) in [5.41, 5.74) is 4.27. The number of nitrogens with zero attached hydrogens (tertiary/aromatic N) is 5. The number of carbonyl (C=O) groups is 1. The first-order chi connectivity index (χ1) is 18.5. The molecule has 2 atom stereocenters. The number of carbonyl (C=O) groups excluding carboxylic acids is 1. The molecule has 7 rings (SSSR count). The van der Waals surface area contributed by atoms with Gasteiger partial charge in [-0.3, -0.25) is 14.6 Å². The standard InChI is InChI=1S/C31H32FN5O/c1-19-5-4-12-36(16-19)17-20-13-24-26(32)10-11-27-29(24)25(14-20)31(38)37(27)23-7-3-6-22(15-23)28(21-8-9-21)30-34-33-18-35(30)2/h3,6-7,10-11,13-15,18-19,21,28H,4-5,8-9,12,16-17H2,1-2H3/t19-,28-/m0/s1. The molecular formula is C31H32FN5O. The predicted molar refractivity (Wildman–Crippen MR) is 146 cm³/mol. The van der Waals surface area contributed by atoms with E-state index >= 15 is 4.39 Å². The maximum Gasteiger partial charge on any atom is 0.263 e. The second-order valence-electron chi connectivity index (χ2n) is 11.5. The van der Waals surface area contributed by atoms with Gasteiger partial charge in [-0.15, -0.1) is 10.2 Å². The fourth-order valence-electron chi connectivity index (χ4n) is 6.61. The van der Waals surface area contributed by atoms with Crippen molar-refractivity contribution in [2.45, 2.75) is 45.1 Å². The van der Waals surface area contributed by atoms with Crippen LogP contribution < -0.4 is 4.90 Å². The van der Waals surface area contributed by atoms with E-state index < -0.39 is 0 Å². The molecule has 2 aliphatic heterocycles. The van der Waals surface area contributed by atoms with Gasteiger partial charge in [-0.1, -0.05) is 19.1 Å². The number of piperidine rings is 1. The molecule has 194 valence electrons. The Hall–Kier alpha value is -3.58. The van der Waals surface area contributed by atoms with Crippen LogP contribution in [-0.4, -0.2) is 38.7 Å². The van der Waals surface area contributed by atoms with E-state index in [1.54, 1.807) is 17.3 Å². The molecule has 4 aromatic rings. The normalized spacial score (nSPS) is 20.4. The van der Waals surface area contributed by atoms with Gasteiger partial charge < -0.3 is 4.57 Å². The molecular weight excluding hydrogens is 477 g/mol. The average Bonchev–Trinajstić information content (AvgIpc) is 3.59. The molecule has 0 N–H and O–H groups in total. The number of halogens is 1. The molecule has 1 aromatic heterocycles. The first kappa shape index (κ1) is 23.5. The van der Waals surface area contributed by atoms with E-state index in [9.17, 15) is 4.79 Å². The van der Waals surface area contributed by atoms with E-state index in [0.717, 1.165) is 60.8 Å². The molecule has 1 aliphatic carbocycles. The van der Waals surface area contributed by atoms with Crippen LogP contribution in [0.1, 0.15) is 65.8 Å². The molecule has 2 fully saturated rings. The number of hydrogen-bond acceptors (Lipinski definition) is 4. The quantitative estimate of drug-likeness (QED) is 0.312. The smallest absolute Gasteiger partial charge is 0.263 e. The Morgan fingerprint density at radius 1 is 1.11 bits per heavy atom. The fourth-order valence-corrected chi connectivity index (χ4v) is 6.61. The van der Waals surface area contributed by atoms with Crippen molar-refractivity contribution in [3.8, 4) is 0 Å². The molecule has 0 bridgehead atoms. The zero-order chi connectivity index (χ0) is 26.0. The lowest BCUT2D eigenvalue weighted by Crippen LogP contribution is -2.33. The molecule has 1 amide bonds. The second kappa shape index (κ2) is 9.02. The van der Waals surface area contributed by atoms with Crippen LogP contribution in [0.15, 0.2) is 54.9 Å². The van der Waals surface area contributed by atoms with Crippen molar-refractivity contribution in [2.24, 2.45) is 18.9 Å². The van der Waals surface area contributed by atoms with E-state index in [2.05, 4.69) is 34.2 Å². The van der Waals surface area contributed by atoms with Gasteiger partial charge >= 0.3 is 0 Å². The van der Waals surface area contributed by atoms with Crippen LogP contribution in [0.5, 0.6) is 0 Å². The van der Waals surface area contributed by atoms with E-state index in [0.29, 0.717) is 28.2 Å². The predicted octanol–water partition coefficient (Wildman–Crippen LogP) is 6.17. The number of aryl methyl sites for hydroxylation is 1. The number of likely N-dealkylation sites (tertiary alicyclic amines) is 1. The third-order valence-corrected chi connectivity index (χ3v) is 8.53. The number of rotatable bonds is 6. The molecule has 3 aliphatic rings. The van der Waals surface area contributed by atoms with Crippen LogP contribution in [0, 0.1) is 17.7 Å². The van der Waals surface area contributed by atoms with Crippen molar-refractivity contribution in [3.05, 3.63) is 83.2 Å². The number of hydrogen-bond donors (Lipinski definition) is 0. The Labute approximate surface area is 222 Å². The first-order valence-electron chi connectivity index (χ1n) is 13.7. The van der Waals surface area contributed by atoms with Crippen molar-refractivity contribution in [3.63, 3.8) is 0 Å². The second-order valence-corrected chi connectivity index (χ2v) is 11.5. The van der Waals surface area contributed by atoms with Gasteiger partial charge in [0.2, 0.25) is 0 Å². The fraction of sp³-hybridized carbons (Fsp3) is 0.387. The zero-order valence-corrected chi connectivity index (χ0v) is 21.9. The highest BCUT2D eigenvalue weighted by Gasteiger charge is 2.38. The lowest BCUT2D eigenvalue weighted by Gasteiger charge is -2.30. The van der Waals surface area contributed by atoms with Crippen LogP contribution in [0.3, 0.4) is 0 Å². The molecule has 1 saturated carbocycles. The molecule has 3 aromatic carbocycles. The van der Waals surface area contributed by atoms with Gasteiger partial charge in [-0.05, 0) is 91.6 Å². The van der Waals surface area contributed by atoms with Crippen LogP contribution in [0.2, 0.25) is 0 Å². The van der Waals surface area contributed by atoms with Gasteiger partial charge in [0.05, 0.1) is 11.3 Å². The molecule has 1 saturated heterocycles. The van der Waals surface area contributed by atoms with Crippen molar-refractivity contribution in [2.75, 3.05) is 18.0 Å². The minimum atomic E-state index is -0.279. The molecule has 6 nitrogen and oxygen atoms in total. The molecule has 0 unspecified atom stereocenters. The first-order valence-corrected chi connectivity index (χ1v) is 13.7. The lowest BCUT2D eigenvalue weighted by atomic mass is 9.92. The summed E-state index contributed by atoms with van der Waals surface area (Å²) in [4.78, 5) is 18.1. The summed E-state index contributed by atoms with van der Waals surface area (Å²) in [7, 11) is 1.98. The summed E-state index contributed by atoms with van der Waals surface area (Å²) in [6.07, 6.45) is 6.49. The number of amides is 1. The summed E-state index contributed by atoms with van der Waals surface area (Å²) in [6, 6.07) is 15.4. The SMILES string of the molecule is C[C@H]1CCCN(Cc2cc3c4c(ccc(F)c4c2)N(c2cccc([C@@H](c4nncn4C)C4CC4)c2)C3=O)C1. The maximum atomic E-state index is 15.2. The Kier molecular flexibility index (Phi) is 5.58.